The van der Waals surface area contributed by atoms with Gasteiger partial charge in [0.05, 0.1) is 6.10 Å². The first kappa shape index (κ1) is 7.56. The standard InChI is InChI=1S/C9H17NO/c1-6-7(10)9(4-3-5-9)8(6)11-2/h6-8H,3-5,10H2,1-2H3/t6-,7+,8-/m0/s1. The van der Waals surface area contributed by atoms with Gasteiger partial charge >= 0.3 is 0 Å². The number of hydrogen-bond donors (Lipinski definition) is 1. The number of rotatable bonds is 1. The molecule has 0 aromatic carbocycles. The summed E-state index contributed by atoms with van der Waals surface area (Å²) in [6.07, 6.45) is 4.38. The lowest BCUT2D eigenvalue weighted by Gasteiger charge is -2.63. The summed E-state index contributed by atoms with van der Waals surface area (Å²) < 4.78 is 5.45. The summed E-state index contributed by atoms with van der Waals surface area (Å²) in [5, 5.41) is 0. The Morgan fingerprint density at radius 2 is 2.09 bits per heavy atom. The van der Waals surface area contributed by atoms with Crippen molar-refractivity contribution in [2.24, 2.45) is 17.1 Å². The van der Waals surface area contributed by atoms with Crippen molar-refractivity contribution in [3.05, 3.63) is 0 Å². The molecule has 0 amide bonds. The Morgan fingerprint density at radius 1 is 1.45 bits per heavy atom. The van der Waals surface area contributed by atoms with Gasteiger partial charge in [0.2, 0.25) is 0 Å². The Bertz CT molecular complexity index is 165. The minimum Gasteiger partial charge on any atom is -0.380 e. The first-order chi connectivity index (χ1) is 5.22. The molecule has 0 radical (unpaired) electrons. The van der Waals surface area contributed by atoms with Crippen LogP contribution in [0.1, 0.15) is 26.2 Å². The van der Waals surface area contributed by atoms with Crippen LogP contribution in [0.15, 0.2) is 0 Å². The van der Waals surface area contributed by atoms with Crippen molar-refractivity contribution in [2.45, 2.75) is 38.3 Å². The zero-order valence-corrected chi connectivity index (χ0v) is 7.34. The number of ether oxygens (including phenoxy) is 1. The van der Waals surface area contributed by atoms with E-state index in [9.17, 15) is 0 Å². The van der Waals surface area contributed by atoms with E-state index in [1.807, 2.05) is 7.11 Å². The number of methoxy groups -OCH3 is 1. The van der Waals surface area contributed by atoms with Crippen LogP contribution >= 0.6 is 0 Å². The SMILES string of the molecule is CO[C@H]1[C@@H](C)[C@@H](N)C12CCC2. The van der Waals surface area contributed by atoms with Gasteiger partial charge in [-0.05, 0) is 18.8 Å². The molecule has 2 saturated carbocycles. The predicted octanol–water partition coefficient (Wildman–Crippen LogP) is 1.15. The molecular weight excluding hydrogens is 138 g/mol. The van der Waals surface area contributed by atoms with E-state index in [0.29, 0.717) is 23.5 Å². The molecule has 1 spiro atoms. The molecule has 11 heavy (non-hydrogen) atoms. The monoisotopic (exact) mass is 155 g/mol. The molecule has 0 bridgehead atoms. The fourth-order valence-electron chi connectivity index (χ4n) is 2.96. The lowest BCUT2D eigenvalue weighted by atomic mass is 9.47. The van der Waals surface area contributed by atoms with Crippen LogP contribution in [-0.2, 0) is 4.74 Å². The van der Waals surface area contributed by atoms with Crippen molar-refractivity contribution in [3.63, 3.8) is 0 Å². The molecular formula is C9H17NO. The smallest absolute Gasteiger partial charge is 0.0682 e. The third-order valence-electron chi connectivity index (χ3n) is 3.81. The molecule has 2 N–H and O–H groups in total. The maximum absolute atomic E-state index is 6.05. The third kappa shape index (κ3) is 0.695. The lowest BCUT2D eigenvalue weighted by molar-refractivity contribution is -0.191. The van der Waals surface area contributed by atoms with E-state index < -0.39 is 0 Å². The minimum absolute atomic E-state index is 0.397. The van der Waals surface area contributed by atoms with Crippen LogP contribution in [0.4, 0.5) is 0 Å². The molecule has 0 saturated heterocycles. The van der Waals surface area contributed by atoms with Crippen LogP contribution in [0.5, 0.6) is 0 Å². The number of hydrogen-bond acceptors (Lipinski definition) is 2. The van der Waals surface area contributed by atoms with Gasteiger partial charge in [-0.15, -0.1) is 0 Å². The summed E-state index contributed by atoms with van der Waals surface area (Å²) in [5.41, 5.74) is 6.45. The molecule has 2 fully saturated rings. The maximum Gasteiger partial charge on any atom is 0.0682 e. The highest BCUT2D eigenvalue weighted by Crippen LogP contribution is 2.58. The zero-order valence-electron chi connectivity index (χ0n) is 7.34. The van der Waals surface area contributed by atoms with Crippen LogP contribution in [0.3, 0.4) is 0 Å². The maximum atomic E-state index is 6.05. The Hall–Kier alpha value is -0.0800. The topological polar surface area (TPSA) is 35.2 Å². The molecule has 0 aromatic heterocycles. The van der Waals surface area contributed by atoms with Crippen LogP contribution < -0.4 is 5.73 Å². The largest absolute Gasteiger partial charge is 0.380 e. The highest BCUT2D eigenvalue weighted by atomic mass is 16.5. The summed E-state index contributed by atoms with van der Waals surface area (Å²) in [6.45, 7) is 2.20. The molecule has 2 rings (SSSR count). The average molecular weight is 155 g/mol. The molecule has 0 heterocycles. The van der Waals surface area contributed by atoms with Crippen LogP contribution in [0.25, 0.3) is 0 Å². The second kappa shape index (κ2) is 2.20. The van der Waals surface area contributed by atoms with E-state index in [0.717, 1.165) is 0 Å². The Morgan fingerprint density at radius 3 is 2.36 bits per heavy atom. The first-order valence-corrected chi connectivity index (χ1v) is 4.51. The molecule has 2 aliphatic carbocycles. The molecule has 64 valence electrons. The highest BCUT2D eigenvalue weighted by molar-refractivity contribution is 5.14. The Balaban J connectivity index is 2.09. The average Bonchev–Trinajstić information content (AvgIpc) is 1.93. The van der Waals surface area contributed by atoms with Gasteiger partial charge < -0.3 is 10.5 Å². The van der Waals surface area contributed by atoms with Crippen LogP contribution in [-0.4, -0.2) is 19.3 Å². The first-order valence-electron chi connectivity index (χ1n) is 4.51. The van der Waals surface area contributed by atoms with Crippen molar-refractivity contribution < 1.29 is 4.74 Å². The summed E-state index contributed by atoms with van der Waals surface area (Å²) in [5.74, 6) is 0.570. The Labute approximate surface area is 68.1 Å². The van der Waals surface area contributed by atoms with E-state index in [4.69, 9.17) is 10.5 Å². The van der Waals surface area contributed by atoms with Gasteiger partial charge in [0.1, 0.15) is 0 Å². The molecule has 0 aromatic rings. The van der Waals surface area contributed by atoms with Gasteiger partial charge in [-0.25, -0.2) is 0 Å². The van der Waals surface area contributed by atoms with Gasteiger partial charge in [0.25, 0.3) is 0 Å². The molecule has 3 atom stereocenters. The molecule has 2 nitrogen and oxygen atoms in total. The lowest BCUT2D eigenvalue weighted by Crippen LogP contribution is -2.70. The summed E-state index contributed by atoms with van der Waals surface area (Å²) in [4.78, 5) is 0. The van der Waals surface area contributed by atoms with E-state index in [-0.39, 0.29) is 0 Å². The van der Waals surface area contributed by atoms with Gasteiger partial charge in [0.15, 0.2) is 0 Å². The van der Waals surface area contributed by atoms with E-state index in [1.54, 1.807) is 0 Å². The second-order valence-corrected chi connectivity index (χ2v) is 4.13. The molecule has 0 unspecified atom stereocenters. The van der Waals surface area contributed by atoms with Gasteiger partial charge in [-0.2, -0.15) is 0 Å². The zero-order chi connectivity index (χ0) is 8.06. The van der Waals surface area contributed by atoms with E-state index in [2.05, 4.69) is 6.92 Å². The molecule has 0 aliphatic heterocycles. The fraction of sp³-hybridized carbons (Fsp3) is 1.00. The molecule has 2 aliphatic rings. The van der Waals surface area contributed by atoms with Crippen molar-refractivity contribution in [3.8, 4) is 0 Å². The Kier molecular flexibility index (Phi) is 1.52. The van der Waals surface area contributed by atoms with Gasteiger partial charge in [-0.3, -0.25) is 0 Å². The van der Waals surface area contributed by atoms with E-state index in [1.165, 1.54) is 19.3 Å². The summed E-state index contributed by atoms with van der Waals surface area (Å²) >= 11 is 0. The normalized spacial score (nSPS) is 46.6. The third-order valence-corrected chi connectivity index (χ3v) is 3.81. The number of nitrogens with two attached hydrogens (primary N) is 1. The predicted molar refractivity (Wildman–Crippen MR) is 44.2 cm³/mol. The summed E-state index contributed by atoms with van der Waals surface area (Å²) in [6, 6.07) is 0.404. The van der Waals surface area contributed by atoms with Gasteiger partial charge in [0, 0.05) is 18.6 Å². The van der Waals surface area contributed by atoms with Crippen molar-refractivity contribution in [1.29, 1.82) is 0 Å². The van der Waals surface area contributed by atoms with Crippen molar-refractivity contribution in [1.82, 2.24) is 0 Å². The minimum atomic E-state index is 0.397. The van der Waals surface area contributed by atoms with Crippen molar-refractivity contribution >= 4 is 0 Å². The highest BCUT2D eigenvalue weighted by Gasteiger charge is 2.61. The quantitative estimate of drug-likeness (QED) is 0.616. The van der Waals surface area contributed by atoms with Crippen LogP contribution in [0.2, 0.25) is 0 Å². The van der Waals surface area contributed by atoms with Gasteiger partial charge in [-0.1, -0.05) is 13.3 Å². The second-order valence-electron chi connectivity index (χ2n) is 4.13. The molecule has 2 heteroatoms. The van der Waals surface area contributed by atoms with E-state index >= 15 is 0 Å². The van der Waals surface area contributed by atoms with Crippen LogP contribution in [0, 0.1) is 11.3 Å². The summed E-state index contributed by atoms with van der Waals surface area (Å²) in [7, 11) is 1.81. The fourth-order valence-corrected chi connectivity index (χ4v) is 2.96. The van der Waals surface area contributed by atoms with Crippen molar-refractivity contribution in [2.75, 3.05) is 7.11 Å².